The number of aromatic amines is 1. The van der Waals surface area contributed by atoms with Crippen LogP contribution in [0, 0.1) is 6.92 Å². The second kappa shape index (κ2) is 3.33. The average Bonchev–Trinajstić information content (AvgIpc) is 2.61. The van der Waals surface area contributed by atoms with Crippen LogP contribution in [-0.4, -0.2) is 17.2 Å². The molecular weight excluding hydrogens is 174 g/mol. The first-order chi connectivity index (χ1) is 6.77. The molecule has 0 unspecified atom stereocenters. The Bertz CT molecular complexity index is 457. The molecule has 3 nitrogen and oxygen atoms in total. The van der Waals surface area contributed by atoms with Gasteiger partial charge in [0.2, 0.25) is 0 Å². The molecule has 14 heavy (non-hydrogen) atoms. The topological polar surface area (TPSA) is 40.7 Å². The van der Waals surface area contributed by atoms with Gasteiger partial charge in [-0.15, -0.1) is 0 Å². The first-order valence-electron chi connectivity index (χ1n) is 4.92. The van der Waals surface area contributed by atoms with E-state index in [1.807, 2.05) is 7.05 Å². The Labute approximate surface area is 83.5 Å². The van der Waals surface area contributed by atoms with E-state index in [1.165, 1.54) is 16.5 Å². The van der Waals surface area contributed by atoms with Crippen molar-refractivity contribution in [3.8, 4) is 0 Å². The molecule has 0 fully saturated rings. The fraction of sp³-hybridized carbons (Fsp3) is 0.364. The Kier molecular flexibility index (Phi) is 2.15. The van der Waals surface area contributed by atoms with Crippen molar-refractivity contribution >= 4 is 16.7 Å². The molecule has 0 radical (unpaired) electrons. The van der Waals surface area contributed by atoms with Crippen molar-refractivity contribution in [3.05, 3.63) is 23.3 Å². The summed E-state index contributed by atoms with van der Waals surface area (Å²) in [5, 5.41) is 11.6. The maximum absolute atomic E-state index is 4.23. The van der Waals surface area contributed by atoms with E-state index in [2.05, 4.69) is 41.5 Å². The molecule has 0 aliphatic carbocycles. The van der Waals surface area contributed by atoms with Crippen LogP contribution >= 0.6 is 0 Å². The highest BCUT2D eigenvalue weighted by Crippen LogP contribution is 2.27. The van der Waals surface area contributed by atoms with Gasteiger partial charge >= 0.3 is 0 Å². The zero-order valence-electron chi connectivity index (χ0n) is 8.81. The number of anilines is 1. The summed E-state index contributed by atoms with van der Waals surface area (Å²) < 4.78 is 0. The van der Waals surface area contributed by atoms with Gasteiger partial charge in [-0.1, -0.05) is 13.0 Å². The molecular formula is C11H15N3. The van der Waals surface area contributed by atoms with Gasteiger partial charge in [-0.25, -0.2) is 0 Å². The monoisotopic (exact) mass is 189 g/mol. The first kappa shape index (κ1) is 9.06. The van der Waals surface area contributed by atoms with Crippen LogP contribution in [0.25, 0.3) is 10.9 Å². The number of benzene rings is 1. The van der Waals surface area contributed by atoms with Gasteiger partial charge in [0.15, 0.2) is 5.82 Å². The second-order valence-corrected chi connectivity index (χ2v) is 3.46. The van der Waals surface area contributed by atoms with Gasteiger partial charge in [0.25, 0.3) is 0 Å². The van der Waals surface area contributed by atoms with Crippen molar-refractivity contribution in [3.63, 3.8) is 0 Å². The molecule has 2 aromatic rings. The van der Waals surface area contributed by atoms with Gasteiger partial charge in [-0.3, -0.25) is 5.10 Å². The van der Waals surface area contributed by atoms with E-state index in [-0.39, 0.29) is 0 Å². The molecule has 0 saturated heterocycles. The number of hydrogen-bond acceptors (Lipinski definition) is 2. The van der Waals surface area contributed by atoms with Gasteiger partial charge in [-0.2, -0.15) is 5.10 Å². The van der Waals surface area contributed by atoms with Crippen LogP contribution in [0.5, 0.6) is 0 Å². The molecule has 2 rings (SSSR count). The number of nitrogens with one attached hydrogen (secondary N) is 2. The molecule has 2 N–H and O–H groups in total. The van der Waals surface area contributed by atoms with Crippen LogP contribution in [0.2, 0.25) is 0 Å². The maximum Gasteiger partial charge on any atom is 0.155 e. The summed E-state index contributed by atoms with van der Waals surface area (Å²) in [4.78, 5) is 0. The van der Waals surface area contributed by atoms with Crippen LogP contribution < -0.4 is 5.32 Å². The minimum atomic E-state index is 0.945. The highest BCUT2D eigenvalue weighted by molar-refractivity contribution is 5.93. The highest BCUT2D eigenvalue weighted by Gasteiger charge is 2.09. The van der Waals surface area contributed by atoms with Crippen molar-refractivity contribution in [2.45, 2.75) is 20.3 Å². The average molecular weight is 189 g/mol. The number of fused-ring (bicyclic) bond motifs is 1. The third kappa shape index (κ3) is 1.16. The molecule has 1 aromatic carbocycles. The number of H-pyrrole nitrogens is 1. The zero-order valence-corrected chi connectivity index (χ0v) is 8.81. The van der Waals surface area contributed by atoms with Gasteiger partial charge in [-0.05, 0) is 30.5 Å². The van der Waals surface area contributed by atoms with E-state index in [0.29, 0.717) is 0 Å². The lowest BCUT2D eigenvalue weighted by molar-refractivity contribution is 1.11. The lowest BCUT2D eigenvalue weighted by atomic mass is 10.0. The van der Waals surface area contributed by atoms with E-state index >= 15 is 0 Å². The van der Waals surface area contributed by atoms with Gasteiger partial charge in [0.05, 0.1) is 5.52 Å². The van der Waals surface area contributed by atoms with Crippen molar-refractivity contribution in [1.82, 2.24) is 10.2 Å². The predicted octanol–water partition coefficient (Wildman–Crippen LogP) is 2.48. The fourth-order valence-corrected chi connectivity index (χ4v) is 1.92. The van der Waals surface area contributed by atoms with Crippen molar-refractivity contribution in [1.29, 1.82) is 0 Å². The van der Waals surface area contributed by atoms with Crippen LogP contribution in [0.1, 0.15) is 18.1 Å². The lowest BCUT2D eigenvalue weighted by Gasteiger charge is -2.05. The number of aryl methyl sites for hydroxylation is 2. The normalized spacial score (nSPS) is 10.8. The first-order valence-corrected chi connectivity index (χ1v) is 4.92. The SMILES string of the molecule is CCc1c(C)ccc2[nH]nc(NC)c12. The standard InChI is InChI=1S/C11H15N3/c1-4-8-7(2)5-6-9-10(8)11(12-3)14-13-9/h5-6H,4H2,1-3H3,(H2,12,13,14). The van der Waals surface area contributed by atoms with E-state index < -0.39 is 0 Å². The Balaban J connectivity index is 2.81. The summed E-state index contributed by atoms with van der Waals surface area (Å²) >= 11 is 0. The molecule has 0 saturated carbocycles. The molecule has 1 aromatic heterocycles. The van der Waals surface area contributed by atoms with Gasteiger partial charge in [0, 0.05) is 12.4 Å². The van der Waals surface area contributed by atoms with Crippen molar-refractivity contribution in [2.24, 2.45) is 0 Å². The number of nitrogens with zero attached hydrogens (tertiary/aromatic N) is 1. The Morgan fingerprint density at radius 1 is 1.43 bits per heavy atom. The van der Waals surface area contributed by atoms with E-state index in [4.69, 9.17) is 0 Å². The fourth-order valence-electron chi connectivity index (χ4n) is 1.92. The predicted molar refractivity (Wildman–Crippen MR) is 59.8 cm³/mol. The molecule has 0 aliphatic heterocycles. The summed E-state index contributed by atoms with van der Waals surface area (Å²) in [6.07, 6.45) is 1.04. The van der Waals surface area contributed by atoms with Crippen molar-refractivity contribution < 1.29 is 0 Å². The summed E-state index contributed by atoms with van der Waals surface area (Å²) in [6, 6.07) is 4.22. The summed E-state index contributed by atoms with van der Waals surface area (Å²) in [6.45, 7) is 4.32. The van der Waals surface area contributed by atoms with Gasteiger partial charge in [0.1, 0.15) is 0 Å². The molecule has 0 bridgehead atoms. The summed E-state index contributed by atoms with van der Waals surface area (Å²) in [7, 11) is 1.90. The smallest absolute Gasteiger partial charge is 0.155 e. The largest absolute Gasteiger partial charge is 0.371 e. The van der Waals surface area contributed by atoms with E-state index in [0.717, 1.165) is 17.8 Å². The van der Waals surface area contributed by atoms with Crippen LogP contribution in [0.3, 0.4) is 0 Å². The summed E-state index contributed by atoms with van der Waals surface area (Å²) in [5.74, 6) is 0.945. The van der Waals surface area contributed by atoms with Gasteiger partial charge < -0.3 is 5.32 Å². The quantitative estimate of drug-likeness (QED) is 0.762. The van der Waals surface area contributed by atoms with E-state index in [1.54, 1.807) is 0 Å². The molecule has 1 heterocycles. The lowest BCUT2D eigenvalue weighted by Crippen LogP contribution is -1.92. The third-order valence-electron chi connectivity index (χ3n) is 2.66. The molecule has 0 atom stereocenters. The minimum absolute atomic E-state index is 0.945. The Hall–Kier alpha value is -1.51. The molecule has 0 spiro atoms. The molecule has 74 valence electrons. The molecule has 3 heteroatoms. The summed E-state index contributed by atoms with van der Waals surface area (Å²) in [5.41, 5.74) is 3.82. The second-order valence-electron chi connectivity index (χ2n) is 3.46. The maximum atomic E-state index is 4.23. The highest BCUT2D eigenvalue weighted by atomic mass is 15.2. The third-order valence-corrected chi connectivity index (χ3v) is 2.66. The van der Waals surface area contributed by atoms with Crippen LogP contribution in [-0.2, 0) is 6.42 Å². The van der Waals surface area contributed by atoms with E-state index in [9.17, 15) is 0 Å². The number of aromatic nitrogens is 2. The number of rotatable bonds is 2. The van der Waals surface area contributed by atoms with Crippen molar-refractivity contribution in [2.75, 3.05) is 12.4 Å². The Morgan fingerprint density at radius 3 is 2.86 bits per heavy atom. The van der Waals surface area contributed by atoms with Crippen LogP contribution in [0.4, 0.5) is 5.82 Å². The minimum Gasteiger partial charge on any atom is -0.371 e. The molecule has 0 aliphatic rings. The number of hydrogen-bond donors (Lipinski definition) is 2. The Morgan fingerprint density at radius 2 is 2.21 bits per heavy atom. The van der Waals surface area contributed by atoms with Crippen LogP contribution in [0.15, 0.2) is 12.1 Å². The zero-order chi connectivity index (χ0) is 10.1. The molecule has 0 amide bonds.